The molecule has 27 heavy (non-hydrogen) atoms. The van der Waals surface area contributed by atoms with Crippen LogP contribution in [0.1, 0.15) is 72.8 Å². The Bertz CT molecular complexity index is 571. The van der Waals surface area contributed by atoms with Crippen LogP contribution < -0.4 is 10.1 Å². The van der Waals surface area contributed by atoms with Gasteiger partial charge < -0.3 is 14.8 Å². The molecule has 1 amide bonds. The fraction of sp³-hybridized carbons (Fsp3) is 0.696. The first kappa shape index (κ1) is 23.5. The minimum absolute atomic E-state index is 0.0417. The van der Waals surface area contributed by atoms with E-state index in [0.717, 1.165) is 29.8 Å². The van der Waals surface area contributed by atoms with Crippen molar-refractivity contribution in [2.75, 3.05) is 18.5 Å². The fourth-order valence-corrected chi connectivity index (χ4v) is 3.41. The van der Waals surface area contributed by atoms with Gasteiger partial charge in [0.1, 0.15) is 11.4 Å². The molecule has 0 aliphatic carbocycles. The van der Waals surface area contributed by atoms with E-state index in [1.165, 1.54) is 0 Å². The molecule has 4 nitrogen and oxygen atoms in total. The van der Waals surface area contributed by atoms with Crippen LogP contribution in [0.2, 0.25) is 0 Å². The molecular weight excluding hydrogens is 338 g/mol. The largest absolute Gasteiger partial charge is 0.493 e. The summed E-state index contributed by atoms with van der Waals surface area (Å²) in [6, 6.07) is 5.81. The Labute approximate surface area is 166 Å². The second kappa shape index (κ2) is 11.3. The van der Waals surface area contributed by atoms with E-state index < -0.39 is 5.60 Å². The van der Waals surface area contributed by atoms with E-state index in [2.05, 4.69) is 46.9 Å². The summed E-state index contributed by atoms with van der Waals surface area (Å²) >= 11 is 0. The lowest BCUT2D eigenvalue weighted by Crippen LogP contribution is -2.47. The van der Waals surface area contributed by atoms with Crippen LogP contribution in [0.15, 0.2) is 18.2 Å². The Morgan fingerprint density at radius 1 is 1.04 bits per heavy atom. The summed E-state index contributed by atoms with van der Waals surface area (Å²) in [4.78, 5) is 13.3. The van der Waals surface area contributed by atoms with Gasteiger partial charge in [-0.3, -0.25) is 4.79 Å². The first-order chi connectivity index (χ1) is 12.7. The third-order valence-corrected chi connectivity index (χ3v) is 4.37. The van der Waals surface area contributed by atoms with Gasteiger partial charge in [0.05, 0.1) is 6.61 Å². The number of nitrogens with one attached hydrogen (secondary N) is 1. The molecule has 0 bridgehead atoms. The molecule has 0 radical (unpaired) electrons. The number of carbonyl (C=O) groups excluding carboxylic acids is 1. The maximum atomic E-state index is 13.3. The van der Waals surface area contributed by atoms with Crippen LogP contribution in [0.5, 0.6) is 5.75 Å². The molecule has 1 rings (SSSR count). The molecule has 0 aromatic heterocycles. The monoisotopic (exact) mass is 377 g/mol. The van der Waals surface area contributed by atoms with Crippen molar-refractivity contribution in [3.8, 4) is 5.75 Å². The summed E-state index contributed by atoms with van der Waals surface area (Å²) in [6.45, 7) is 16.0. The average molecular weight is 378 g/mol. The van der Waals surface area contributed by atoms with E-state index in [-0.39, 0.29) is 5.91 Å². The zero-order valence-electron chi connectivity index (χ0n) is 18.4. The predicted molar refractivity (Wildman–Crippen MR) is 113 cm³/mol. The summed E-state index contributed by atoms with van der Waals surface area (Å²) < 4.78 is 11.9. The van der Waals surface area contributed by atoms with E-state index in [9.17, 15) is 4.79 Å². The predicted octanol–water partition coefficient (Wildman–Crippen LogP) is 5.98. The van der Waals surface area contributed by atoms with Gasteiger partial charge in [-0.05, 0) is 68.2 Å². The van der Waals surface area contributed by atoms with Crippen LogP contribution in [-0.2, 0) is 9.53 Å². The summed E-state index contributed by atoms with van der Waals surface area (Å²) in [5, 5.41) is 3.11. The maximum absolute atomic E-state index is 13.3. The van der Waals surface area contributed by atoms with Crippen molar-refractivity contribution < 1.29 is 14.3 Å². The van der Waals surface area contributed by atoms with Gasteiger partial charge in [0.2, 0.25) is 0 Å². The molecule has 0 aliphatic heterocycles. The van der Waals surface area contributed by atoms with Gasteiger partial charge >= 0.3 is 0 Å². The molecule has 0 fully saturated rings. The van der Waals surface area contributed by atoms with Crippen LogP contribution >= 0.6 is 0 Å². The van der Waals surface area contributed by atoms with E-state index in [0.29, 0.717) is 37.9 Å². The lowest BCUT2D eigenvalue weighted by Gasteiger charge is -2.35. The van der Waals surface area contributed by atoms with Crippen molar-refractivity contribution in [1.82, 2.24) is 0 Å². The van der Waals surface area contributed by atoms with Crippen LogP contribution in [0.4, 0.5) is 5.69 Å². The molecule has 0 saturated heterocycles. The Kier molecular flexibility index (Phi) is 9.86. The summed E-state index contributed by atoms with van der Waals surface area (Å²) in [5.41, 5.74) is 1.02. The molecule has 4 heteroatoms. The second-order valence-corrected chi connectivity index (χ2v) is 8.32. The van der Waals surface area contributed by atoms with Gasteiger partial charge in [0, 0.05) is 12.3 Å². The molecule has 0 spiro atoms. The Hall–Kier alpha value is -1.55. The molecule has 0 saturated carbocycles. The van der Waals surface area contributed by atoms with Crippen LogP contribution in [0, 0.1) is 18.8 Å². The number of benzene rings is 1. The van der Waals surface area contributed by atoms with E-state index in [1.54, 1.807) is 0 Å². The number of anilines is 1. The maximum Gasteiger partial charge on any atom is 0.256 e. The number of ether oxygens (including phenoxy) is 2. The molecule has 1 N–H and O–H groups in total. The number of rotatable bonds is 12. The molecular formula is C23H39NO3. The first-order valence-corrected chi connectivity index (χ1v) is 10.4. The smallest absolute Gasteiger partial charge is 0.256 e. The van der Waals surface area contributed by atoms with Crippen molar-refractivity contribution in [3.05, 3.63) is 23.8 Å². The molecule has 0 atom stereocenters. The minimum atomic E-state index is -0.788. The van der Waals surface area contributed by atoms with E-state index in [4.69, 9.17) is 9.47 Å². The third kappa shape index (κ3) is 7.53. The van der Waals surface area contributed by atoms with Crippen molar-refractivity contribution in [2.45, 2.75) is 79.8 Å². The number of hydrogen-bond acceptors (Lipinski definition) is 3. The highest BCUT2D eigenvalue weighted by Crippen LogP contribution is 2.31. The standard InChI is InChI=1S/C23H39NO3/c1-8-12-26-21-11-10-20(14-19(21)7)24-22(25)23(15-17(3)4,16-18(5)6)27-13-9-2/h10-11,14,17-18H,8-9,12-13,15-16H2,1-7H3,(H,24,25). The Morgan fingerprint density at radius 2 is 1.63 bits per heavy atom. The third-order valence-electron chi connectivity index (χ3n) is 4.37. The fourth-order valence-electron chi connectivity index (χ4n) is 3.41. The molecule has 154 valence electrons. The van der Waals surface area contributed by atoms with Gasteiger partial charge in [-0.25, -0.2) is 0 Å². The van der Waals surface area contributed by atoms with Crippen LogP contribution in [0.3, 0.4) is 0 Å². The van der Waals surface area contributed by atoms with Gasteiger partial charge in [0.25, 0.3) is 5.91 Å². The highest BCUT2D eigenvalue weighted by molar-refractivity contribution is 5.97. The van der Waals surface area contributed by atoms with Crippen LogP contribution in [-0.4, -0.2) is 24.7 Å². The summed E-state index contributed by atoms with van der Waals surface area (Å²) in [7, 11) is 0. The Morgan fingerprint density at radius 3 is 2.11 bits per heavy atom. The number of hydrogen-bond donors (Lipinski definition) is 1. The summed E-state index contributed by atoms with van der Waals surface area (Å²) in [5.74, 6) is 1.57. The van der Waals surface area contributed by atoms with Crippen molar-refractivity contribution >= 4 is 11.6 Å². The number of carbonyl (C=O) groups is 1. The van der Waals surface area contributed by atoms with Crippen LogP contribution in [0.25, 0.3) is 0 Å². The van der Waals surface area contributed by atoms with Gasteiger partial charge in [-0.2, -0.15) is 0 Å². The van der Waals surface area contributed by atoms with Crippen molar-refractivity contribution in [3.63, 3.8) is 0 Å². The average Bonchev–Trinajstić information content (AvgIpc) is 2.58. The zero-order chi connectivity index (χ0) is 20.4. The number of amides is 1. The molecule has 0 heterocycles. The van der Waals surface area contributed by atoms with Crippen molar-refractivity contribution in [1.29, 1.82) is 0 Å². The normalized spacial score (nSPS) is 11.9. The lowest BCUT2D eigenvalue weighted by atomic mass is 9.83. The number of aryl methyl sites for hydroxylation is 1. The van der Waals surface area contributed by atoms with Gasteiger partial charge in [-0.1, -0.05) is 41.5 Å². The second-order valence-electron chi connectivity index (χ2n) is 8.32. The van der Waals surface area contributed by atoms with Gasteiger partial charge in [-0.15, -0.1) is 0 Å². The molecule has 1 aromatic carbocycles. The lowest BCUT2D eigenvalue weighted by molar-refractivity contribution is -0.147. The first-order valence-electron chi connectivity index (χ1n) is 10.4. The molecule has 1 aromatic rings. The van der Waals surface area contributed by atoms with Gasteiger partial charge in [0.15, 0.2) is 0 Å². The zero-order valence-corrected chi connectivity index (χ0v) is 18.4. The molecule has 0 unspecified atom stereocenters. The Balaban J connectivity index is 3.04. The summed E-state index contributed by atoms with van der Waals surface area (Å²) in [6.07, 6.45) is 3.30. The molecule has 0 aliphatic rings. The van der Waals surface area contributed by atoms with E-state index >= 15 is 0 Å². The highest BCUT2D eigenvalue weighted by atomic mass is 16.5. The SMILES string of the molecule is CCCOc1ccc(NC(=O)C(CC(C)C)(CC(C)C)OCCC)cc1C. The minimum Gasteiger partial charge on any atom is -0.493 e. The topological polar surface area (TPSA) is 47.6 Å². The quantitative estimate of drug-likeness (QED) is 0.487. The highest BCUT2D eigenvalue weighted by Gasteiger charge is 2.40. The van der Waals surface area contributed by atoms with E-state index in [1.807, 2.05) is 25.1 Å². The van der Waals surface area contributed by atoms with Crippen molar-refractivity contribution in [2.24, 2.45) is 11.8 Å².